The summed E-state index contributed by atoms with van der Waals surface area (Å²) >= 11 is 0. The highest BCUT2D eigenvalue weighted by atomic mass is 19.1. The van der Waals surface area contributed by atoms with Gasteiger partial charge in [0.1, 0.15) is 11.6 Å². The molecule has 1 unspecified atom stereocenters. The Hall–Kier alpha value is -0.960. The molecule has 0 saturated heterocycles. The zero-order chi connectivity index (χ0) is 13.5. The first-order chi connectivity index (χ1) is 8.63. The molecule has 0 saturated carbocycles. The Labute approximate surface area is 109 Å². The molecule has 0 radical (unpaired) electrons. The van der Waals surface area contributed by atoms with E-state index >= 15 is 0 Å². The first-order valence-corrected chi connectivity index (χ1v) is 6.82. The fourth-order valence-corrected chi connectivity index (χ4v) is 2.34. The summed E-state index contributed by atoms with van der Waals surface area (Å²) in [6.45, 7) is 7.06. The van der Waals surface area contributed by atoms with Crippen molar-refractivity contribution in [1.82, 2.24) is 5.32 Å². The van der Waals surface area contributed by atoms with Crippen LogP contribution >= 0.6 is 0 Å². The van der Waals surface area contributed by atoms with Crippen LogP contribution in [-0.2, 0) is 0 Å². The smallest absolute Gasteiger partial charge is 0.128 e. The third-order valence-electron chi connectivity index (χ3n) is 3.43. The summed E-state index contributed by atoms with van der Waals surface area (Å²) in [7, 11) is 0. The Morgan fingerprint density at radius 3 is 2.33 bits per heavy atom. The van der Waals surface area contributed by atoms with Gasteiger partial charge in [-0.2, -0.15) is 0 Å². The first-order valence-electron chi connectivity index (χ1n) is 6.82. The second-order valence-electron chi connectivity index (χ2n) is 4.67. The van der Waals surface area contributed by atoms with Crippen LogP contribution in [0.1, 0.15) is 51.6 Å². The lowest BCUT2D eigenvalue weighted by Gasteiger charge is -2.27. The summed E-state index contributed by atoms with van der Waals surface area (Å²) in [5.74, 6) is -0.370. The number of rotatable bonds is 7. The van der Waals surface area contributed by atoms with Gasteiger partial charge in [-0.15, -0.1) is 0 Å². The third-order valence-corrected chi connectivity index (χ3v) is 3.43. The maximum atomic E-state index is 13.9. The van der Waals surface area contributed by atoms with Crippen molar-refractivity contribution >= 4 is 0 Å². The molecule has 18 heavy (non-hydrogen) atoms. The van der Waals surface area contributed by atoms with Crippen LogP contribution in [0.5, 0.6) is 0 Å². The average molecular weight is 255 g/mol. The second-order valence-corrected chi connectivity index (χ2v) is 4.67. The summed E-state index contributed by atoms with van der Waals surface area (Å²) in [5.41, 5.74) is 0.456. The van der Waals surface area contributed by atoms with Crippen LogP contribution in [-0.4, -0.2) is 6.54 Å². The molecule has 1 atom stereocenters. The summed E-state index contributed by atoms with van der Waals surface area (Å²) < 4.78 is 27.2. The van der Waals surface area contributed by atoms with Gasteiger partial charge in [-0.3, -0.25) is 0 Å². The highest BCUT2D eigenvalue weighted by Crippen LogP contribution is 2.29. The van der Waals surface area contributed by atoms with Crippen molar-refractivity contribution in [2.75, 3.05) is 6.54 Å². The van der Waals surface area contributed by atoms with Gasteiger partial charge >= 0.3 is 0 Å². The highest BCUT2D eigenvalue weighted by Gasteiger charge is 2.23. The van der Waals surface area contributed by atoms with Gasteiger partial charge in [-0.1, -0.05) is 33.6 Å². The lowest BCUT2D eigenvalue weighted by atomic mass is 9.88. The maximum absolute atomic E-state index is 13.9. The zero-order valence-electron chi connectivity index (χ0n) is 11.5. The largest absolute Gasteiger partial charge is 0.310 e. The fraction of sp³-hybridized carbons (Fsp3) is 0.600. The normalized spacial score (nSPS) is 13.0. The van der Waals surface area contributed by atoms with Gasteiger partial charge in [-0.25, -0.2) is 8.78 Å². The molecule has 0 aliphatic carbocycles. The molecule has 1 aromatic rings. The third kappa shape index (κ3) is 3.77. The Morgan fingerprint density at radius 2 is 1.78 bits per heavy atom. The minimum atomic E-state index is -0.374. The van der Waals surface area contributed by atoms with Crippen LogP contribution in [0.2, 0.25) is 0 Å². The molecular weight excluding hydrogens is 232 g/mol. The Bertz CT molecular complexity index is 362. The van der Waals surface area contributed by atoms with Crippen LogP contribution in [0.3, 0.4) is 0 Å². The van der Waals surface area contributed by atoms with Gasteiger partial charge in [0, 0.05) is 11.6 Å². The van der Waals surface area contributed by atoms with Crippen LogP contribution in [0.4, 0.5) is 8.78 Å². The standard InChI is InChI=1S/C15H23F2N/c1-4-9-18-15(11(5-2)6-3)13-10-12(16)7-8-14(13)17/h7-8,10-11,15,18H,4-6,9H2,1-3H3. The quantitative estimate of drug-likeness (QED) is 0.759. The molecule has 3 heteroatoms. The number of hydrogen-bond acceptors (Lipinski definition) is 1. The SMILES string of the molecule is CCCNC(c1cc(F)ccc1F)C(CC)CC. The van der Waals surface area contributed by atoms with Crippen LogP contribution in [0, 0.1) is 17.6 Å². The van der Waals surface area contributed by atoms with E-state index in [0.29, 0.717) is 11.5 Å². The van der Waals surface area contributed by atoms with E-state index in [2.05, 4.69) is 26.1 Å². The van der Waals surface area contributed by atoms with Gasteiger partial charge in [0.25, 0.3) is 0 Å². The predicted molar refractivity (Wildman–Crippen MR) is 71.5 cm³/mol. The molecule has 0 aliphatic rings. The van der Waals surface area contributed by atoms with Crippen molar-refractivity contribution < 1.29 is 8.78 Å². The number of halogens is 2. The van der Waals surface area contributed by atoms with Crippen molar-refractivity contribution in [2.45, 2.75) is 46.1 Å². The number of benzene rings is 1. The Kier molecular flexibility index (Phi) is 6.27. The molecule has 1 aromatic carbocycles. The Balaban J connectivity index is 3.03. The Morgan fingerprint density at radius 1 is 1.11 bits per heavy atom. The molecule has 102 valence electrons. The molecule has 1 nitrogen and oxygen atoms in total. The minimum absolute atomic E-state index is 0.101. The summed E-state index contributed by atoms with van der Waals surface area (Å²) in [5, 5.41) is 3.35. The van der Waals surface area contributed by atoms with Crippen LogP contribution in [0.25, 0.3) is 0 Å². The topological polar surface area (TPSA) is 12.0 Å². The zero-order valence-corrected chi connectivity index (χ0v) is 11.5. The predicted octanol–water partition coefficient (Wildman–Crippen LogP) is 4.44. The van der Waals surface area contributed by atoms with E-state index < -0.39 is 0 Å². The van der Waals surface area contributed by atoms with Crippen molar-refractivity contribution in [3.05, 3.63) is 35.4 Å². The van der Waals surface area contributed by atoms with Crippen molar-refractivity contribution in [3.63, 3.8) is 0 Å². The number of hydrogen-bond donors (Lipinski definition) is 1. The van der Waals surface area contributed by atoms with Crippen LogP contribution in [0.15, 0.2) is 18.2 Å². The first kappa shape index (κ1) is 15.1. The monoisotopic (exact) mass is 255 g/mol. The molecule has 0 bridgehead atoms. The molecule has 0 amide bonds. The molecule has 0 aromatic heterocycles. The van der Waals surface area contributed by atoms with Gasteiger partial charge in [0.05, 0.1) is 0 Å². The van der Waals surface area contributed by atoms with E-state index in [0.717, 1.165) is 25.8 Å². The summed E-state index contributed by atoms with van der Waals surface area (Å²) in [6, 6.07) is 3.60. The molecule has 0 spiro atoms. The molecular formula is C15H23F2N. The molecule has 0 fully saturated rings. The molecule has 1 N–H and O–H groups in total. The van der Waals surface area contributed by atoms with E-state index in [-0.39, 0.29) is 17.7 Å². The van der Waals surface area contributed by atoms with E-state index in [1.807, 2.05) is 0 Å². The minimum Gasteiger partial charge on any atom is -0.310 e. The summed E-state index contributed by atoms with van der Waals surface area (Å²) in [6.07, 6.45) is 2.88. The molecule has 1 rings (SSSR count). The lowest BCUT2D eigenvalue weighted by Crippen LogP contribution is -2.29. The maximum Gasteiger partial charge on any atom is 0.128 e. The highest BCUT2D eigenvalue weighted by molar-refractivity contribution is 5.23. The van der Waals surface area contributed by atoms with E-state index in [1.54, 1.807) is 0 Å². The number of nitrogens with one attached hydrogen (secondary N) is 1. The second kappa shape index (κ2) is 7.47. The molecule has 0 heterocycles. The lowest BCUT2D eigenvalue weighted by molar-refractivity contribution is 0.331. The fourth-order valence-electron chi connectivity index (χ4n) is 2.34. The summed E-state index contributed by atoms with van der Waals surface area (Å²) in [4.78, 5) is 0. The van der Waals surface area contributed by atoms with Gasteiger partial charge < -0.3 is 5.32 Å². The van der Waals surface area contributed by atoms with Gasteiger partial charge in [0.2, 0.25) is 0 Å². The van der Waals surface area contributed by atoms with Gasteiger partial charge in [0.15, 0.2) is 0 Å². The van der Waals surface area contributed by atoms with Crippen molar-refractivity contribution in [2.24, 2.45) is 5.92 Å². The molecule has 0 aliphatic heterocycles. The van der Waals surface area contributed by atoms with Crippen molar-refractivity contribution in [3.8, 4) is 0 Å². The van der Waals surface area contributed by atoms with E-state index in [9.17, 15) is 8.78 Å². The van der Waals surface area contributed by atoms with E-state index in [4.69, 9.17) is 0 Å². The average Bonchev–Trinajstić information content (AvgIpc) is 2.38. The van der Waals surface area contributed by atoms with Gasteiger partial charge in [-0.05, 0) is 37.1 Å². The van der Waals surface area contributed by atoms with Crippen molar-refractivity contribution in [1.29, 1.82) is 0 Å². The van der Waals surface area contributed by atoms with Crippen LogP contribution < -0.4 is 5.32 Å². The van der Waals surface area contributed by atoms with E-state index in [1.165, 1.54) is 18.2 Å².